The summed E-state index contributed by atoms with van der Waals surface area (Å²) >= 11 is 0. The van der Waals surface area contributed by atoms with Crippen LogP contribution < -0.4 is 14.2 Å². The maximum absolute atomic E-state index is 8.81. The van der Waals surface area contributed by atoms with Crippen LogP contribution in [0.2, 0.25) is 0 Å². The third-order valence-corrected chi connectivity index (χ3v) is 3.96. The normalized spacial score (nSPS) is 11.6. The molecule has 0 spiro atoms. The van der Waals surface area contributed by atoms with E-state index in [0.717, 1.165) is 16.9 Å². The van der Waals surface area contributed by atoms with Gasteiger partial charge in [0.25, 0.3) is 0 Å². The van der Waals surface area contributed by atoms with Crippen LogP contribution in [0, 0.1) is 6.92 Å². The molecule has 0 bridgehead atoms. The van der Waals surface area contributed by atoms with Gasteiger partial charge in [-0.1, -0.05) is 44.1 Å². The number of hydrogen-bond donors (Lipinski definition) is 1. The van der Waals surface area contributed by atoms with Crippen molar-refractivity contribution in [2.24, 2.45) is 5.16 Å². The molecule has 0 amide bonds. The number of para-hydroxylation sites is 1. The van der Waals surface area contributed by atoms with Gasteiger partial charge < -0.3 is 19.4 Å². The summed E-state index contributed by atoms with van der Waals surface area (Å²) in [6.45, 7) is 9.26. The molecular formula is C21H27NO4. The molecule has 0 unspecified atom stereocenters. The van der Waals surface area contributed by atoms with Crippen LogP contribution in [0.3, 0.4) is 0 Å². The Labute approximate surface area is 155 Å². The third kappa shape index (κ3) is 4.91. The number of hydrogen-bond acceptors (Lipinski definition) is 5. The van der Waals surface area contributed by atoms with Crippen LogP contribution in [0.15, 0.2) is 41.6 Å². The predicted molar refractivity (Wildman–Crippen MR) is 103 cm³/mol. The lowest BCUT2D eigenvalue weighted by Gasteiger charge is -2.23. The van der Waals surface area contributed by atoms with Gasteiger partial charge in [-0.2, -0.15) is 0 Å². The van der Waals surface area contributed by atoms with Crippen molar-refractivity contribution < 1.29 is 19.4 Å². The fourth-order valence-corrected chi connectivity index (χ4v) is 2.68. The first-order valence-corrected chi connectivity index (χ1v) is 8.58. The van der Waals surface area contributed by atoms with Crippen molar-refractivity contribution in [3.05, 3.63) is 53.1 Å². The lowest BCUT2D eigenvalue weighted by Crippen LogP contribution is -2.16. The maximum Gasteiger partial charge on any atom is 0.170 e. The zero-order chi connectivity index (χ0) is 19.2. The van der Waals surface area contributed by atoms with E-state index in [9.17, 15) is 0 Å². The molecule has 5 nitrogen and oxygen atoms in total. The molecule has 0 aliphatic heterocycles. The first kappa shape index (κ1) is 19.6. The van der Waals surface area contributed by atoms with Crippen molar-refractivity contribution in [2.75, 3.05) is 20.3 Å². The molecular weight excluding hydrogens is 330 g/mol. The van der Waals surface area contributed by atoms with E-state index in [1.54, 1.807) is 19.2 Å². The molecule has 0 fully saturated rings. The van der Waals surface area contributed by atoms with Gasteiger partial charge in [0.15, 0.2) is 11.5 Å². The summed E-state index contributed by atoms with van der Waals surface area (Å²) in [7, 11) is 1.57. The Kier molecular flexibility index (Phi) is 6.50. The monoisotopic (exact) mass is 357 g/mol. The van der Waals surface area contributed by atoms with Gasteiger partial charge in [-0.25, -0.2) is 0 Å². The number of aryl methyl sites for hydroxylation is 1. The second kappa shape index (κ2) is 8.61. The molecule has 2 aromatic carbocycles. The second-order valence-electron chi connectivity index (χ2n) is 7.07. The molecule has 0 aliphatic carbocycles. The highest BCUT2D eigenvalue weighted by molar-refractivity contribution is 5.84. The van der Waals surface area contributed by atoms with Gasteiger partial charge in [0.05, 0.1) is 13.3 Å². The molecule has 140 valence electrons. The number of methoxy groups -OCH3 is 1. The molecule has 5 heteroatoms. The van der Waals surface area contributed by atoms with Gasteiger partial charge in [0.1, 0.15) is 19.0 Å². The molecule has 0 aromatic heterocycles. The van der Waals surface area contributed by atoms with E-state index in [4.69, 9.17) is 19.4 Å². The number of nitrogens with zero attached hydrogens (tertiary/aromatic N) is 1. The minimum Gasteiger partial charge on any atom is -0.493 e. The standard InChI is InChI=1S/C21H27NO4/c1-15-9-10-17(21(2,3)4)19(13-15)25-11-12-26-20-16(14-22-23)7-6-8-18(20)24-5/h6-10,13-14,23H,11-12H2,1-5H3. The van der Waals surface area contributed by atoms with E-state index in [1.165, 1.54) is 6.21 Å². The quantitative estimate of drug-likeness (QED) is 0.341. The van der Waals surface area contributed by atoms with Gasteiger partial charge in [-0.15, -0.1) is 0 Å². The fourth-order valence-electron chi connectivity index (χ4n) is 2.68. The summed E-state index contributed by atoms with van der Waals surface area (Å²) in [5.74, 6) is 1.98. The molecule has 26 heavy (non-hydrogen) atoms. The summed E-state index contributed by atoms with van der Waals surface area (Å²) in [4.78, 5) is 0. The Balaban J connectivity index is 2.08. The van der Waals surface area contributed by atoms with E-state index in [-0.39, 0.29) is 5.41 Å². The molecule has 0 atom stereocenters. The number of oxime groups is 1. The number of rotatable bonds is 7. The van der Waals surface area contributed by atoms with Crippen molar-refractivity contribution in [1.29, 1.82) is 0 Å². The molecule has 0 radical (unpaired) electrons. The van der Waals surface area contributed by atoms with E-state index in [0.29, 0.717) is 30.3 Å². The lowest BCUT2D eigenvalue weighted by molar-refractivity contribution is 0.208. The van der Waals surface area contributed by atoms with Crippen molar-refractivity contribution in [1.82, 2.24) is 0 Å². The summed E-state index contributed by atoms with van der Waals surface area (Å²) < 4.78 is 17.1. The fraction of sp³-hybridized carbons (Fsp3) is 0.381. The Morgan fingerprint density at radius 3 is 2.42 bits per heavy atom. The zero-order valence-corrected chi connectivity index (χ0v) is 16.1. The Morgan fingerprint density at radius 2 is 1.77 bits per heavy atom. The van der Waals surface area contributed by atoms with Crippen LogP contribution in [-0.2, 0) is 5.41 Å². The highest BCUT2D eigenvalue weighted by Gasteiger charge is 2.19. The largest absolute Gasteiger partial charge is 0.493 e. The van der Waals surface area contributed by atoms with Crippen molar-refractivity contribution in [3.63, 3.8) is 0 Å². The van der Waals surface area contributed by atoms with E-state index in [2.05, 4.69) is 38.1 Å². The Bertz CT molecular complexity index is 763. The van der Waals surface area contributed by atoms with Crippen LogP contribution in [0.1, 0.15) is 37.5 Å². The average molecular weight is 357 g/mol. The lowest BCUT2D eigenvalue weighted by atomic mass is 9.86. The summed E-state index contributed by atoms with van der Waals surface area (Å²) in [5.41, 5.74) is 2.95. The van der Waals surface area contributed by atoms with Crippen LogP contribution in [0.5, 0.6) is 17.2 Å². The summed E-state index contributed by atoms with van der Waals surface area (Å²) in [6.07, 6.45) is 1.32. The Morgan fingerprint density at radius 1 is 1.04 bits per heavy atom. The molecule has 1 N–H and O–H groups in total. The molecule has 0 saturated carbocycles. The van der Waals surface area contributed by atoms with Gasteiger partial charge in [0, 0.05) is 5.56 Å². The first-order chi connectivity index (χ1) is 12.4. The smallest absolute Gasteiger partial charge is 0.170 e. The van der Waals surface area contributed by atoms with Gasteiger partial charge in [-0.3, -0.25) is 0 Å². The van der Waals surface area contributed by atoms with Crippen molar-refractivity contribution in [3.8, 4) is 17.2 Å². The highest BCUT2D eigenvalue weighted by Crippen LogP contribution is 2.33. The molecule has 2 rings (SSSR count). The summed E-state index contributed by atoms with van der Waals surface area (Å²) in [5, 5.41) is 11.9. The first-order valence-electron chi connectivity index (χ1n) is 8.58. The predicted octanol–water partition coefficient (Wildman–Crippen LogP) is 4.57. The van der Waals surface area contributed by atoms with Gasteiger partial charge >= 0.3 is 0 Å². The van der Waals surface area contributed by atoms with Crippen LogP contribution in [0.4, 0.5) is 0 Å². The molecule has 2 aromatic rings. The number of benzene rings is 2. The van der Waals surface area contributed by atoms with E-state index in [1.807, 2.05) is 19.1 Å². The topological polar surface area (TPSA) is 60.3 Å². The maximum atomic E-state index is 8.81. The molecule has 0 aliphatic rings. The minimum atomic E-state index is -0.00268. The van der Waals surface area contributed by atoms with E-state index < -0.39 is 0 Å². The molecule has 0 heterocycles. The summed E-state index contributed by atoms with van der Waals surface area (Å²) in [6, 6.07) is 11.6. The Hall–Kier alpha value is -2.69. The van der Waals surface area contributed by atoms with Gasteiger partial charge in [0.2, 0.25) is 0 Å². The minimum absolute atomic E-state index is 0.00268. The SMILES string of the molecule is COc1cccc(C=NO)c1OCCOc1cc(C)ccc1C(C)(C)C. The average Bonchev–Trinajstić information content (AvgIpc) is 2.58. The van der Waals surface area contributed by atoms with Crippen molar-refractivity contribution in [2.45, 2.75) is 33.1 Å². The second-order valence-corrected chi connectivity index (χ2v) is 7.07. The van der Waals surface area contributed by atoms with Crippen LogP contribution in [-0.4, -0.2) is 31.7 Å². The zero-order valence-electron chi connectivity index (χ0n) is 16.1. The van der Waals surface area contributed by atoms with Crippen LogP contribution >= 0.6 is 0 Å². The number of ether oxygens (including phenoxy) is 3. The van der Waals surface area contributed by atoms with E-state index >= 15 is 0 Å². The van der Waals surface area contributed by atoms with Crippen molar-refractivity contribution >= 4 is 6.21 Å². The molecule has 0 saturated heterocycles. The van der Waals surface area contributed by atoms with Gasteiger partial charge in [-0.05, 0) is 41.7 Å². The van der Waals surface area contributed by atoms with Crippen LogP contribution in [0.25, 0.3) is 0 Å². The highest BCUT2D eigenvalue weighted by atomic mass is 16.5. The third-order valence-electron chi connectivity index (χ3n) is 3.96.